The maximum Gasteiger partial charge on any atom is 0.170 e. The van der Waals surface area contributed by atoms with Crippen LogP contribution in [0.2, 0.25) is 0 Å². The van der Waals surface area contributed by atoms with Crippen molar-refractivity contribution < 1.29 is 13.2 Å². The Labute approximate surface area is 107 Å². The fraction of sp³-hybridized carbons (Fsp3) is 0.900. The number of nitrogens with one attached hydrogen (secondary N) is 1. The predicted octanol–water partition coefficient (Wildman–Crippen LogP) is 0.116. The fourth-order valence-corrected chi connectivity index (χ4v) is 4.23. The molecule has 2 aliphatic heterocycles. The van der Waals surface area contributed by atoms with Crippen molar-refractivity contribution in [1.29, 1.82) is 0 Å². The summed E-state index contributed by atoms with van der Waals surface area (Å²) >= 11 is 5.26. The van der Waals surface area contributed by atoms with E-state index in [2.05, 4.69) is 5.32 Å². The van der Waals surface area contributed by atoms with Crippen LogP contribution < -0.4 is 5.32 Å². The Hall–Kier alpha value is -0.400. The zero-order chi connectivity index (χ0) is 12.5. The van der Waals surface area contributed by atoms with Crippen LogP contribution in [0.1, 0.15) is 19.3 Å². The lowest BCUT2D eigenvalue weighted by atomic mass is 10.2. The Morgan fingerprint density at radius 1 is 1.47 bits per heavy atom. The molecule has 2 heterocycles. The Kier molecular flexibility index (Phi) is 3.89. The molecule has 1 N–H and O–H groups in total. The van der Waals surface area contributed by atoms with Crippen LogP contribution in [0.4, 0.5) is 0 Å². The van der Waals surface area contributed by atoms with E-state index in [9.17, 15) is 8.42 Å². The molecule has 5 nitrogen and oxygen atoms in total. The van der Waals surface area contributed by atoms with Gasteiger partial charge in [-0.05, 0) is 31.5 Å². The van der Waals surface area contributed by atoms with E-state index < -0.39 is 9.84 Å². The van der Waals surface area contributed by atoms with Crippen LogP contribution in [0.5, 0.6) is 0 Å². The molecular weight excluding hydrogens is 260 g/mol. The smallest absolute Gasteiger partial charge is 0.170 e. The first-order valence-corrected chi connectivity index (χ1v) is 8.06. The summed E-state index contributed by atoms with van der Waals surface area (Å²) in [4.78, 5) is 1.85. The summed E-state index contributed by atoms with van der Waals surface area (Å²) in [6.45, 7) is 0.766. The van der Waals surface area contributed by atoms with E-state index >= 15 is 0 Å². The van der Waals surface area contributed by atoms with E-state index in [1.165, 1.54) is 0 Å². The van der Waals surface area contributed by atoms with Gasteiger partial charge in [0.1, 0.15) is 6.23 Å². The molecule has 17 heavy (non-hydrogen) atoms. The van der Waals surface area contributed by atoms with Crippen LogP contribution in [-0.4, -0.2) is 55.9 Å². The van der Waals surface area contributed by atoms with Crippen molar-refractivity contribution in [2.45, 2.75) is 31.5 Å². The summed E-state index contributed by atoms with van der Waals surface area (Å²) in [7, 11) is -1.02. The Balaban J connectivity index is 1.86. The van der Waals surface area contributed by atoms with Gasteiger partial charge in [-0.3, -0.25) is 0 Å². The molecule has 98 valence electrons. The lowest BCUT2D eigenvalue weighted by molar-refractivity contribution is 0.0974. The molecular formula is C10H18N2O3S2. The second-order valence-corrected chi connectivity index (χ2v) is 7.23. The summed E-state index contributed by atoms with van der Waals surface area (Å²) in [5.74, 6) is 0.474. The molecule has 0 amide bonds. The van der Waals surface area contributed by atoms with Gasteiger partial charge in [-0.25, -0.2) is 8.42 Å². The molecule has 0 spiro atoms. The minimum Gasteiger partial charge on any atom is -0.359 e. The molecule has 2 atom stereocenters. The third-order valence-corrected chi connectivity index (χ3v) is 5.45. The van der Waals surface area contributed by atoms with Crippen LogP contribution >= 0.6 is 12.2 Å². The minimum absolute atomic E-state index is 0.00130. The first kappa shape index (κ1) is 13.0. The number of nitrogens with zero attached hydrogens (tertiary/aromatic N) is 1. The SMILES string of the molecule is CN(C(=S)NC1CCCO1)C1CCS(=O)(=O)C1. The molecule has 0 aromatic heterocycles. The molecule has 0 aliphatic carbocycles. The van der Waals surface area contributed by atoms with E-state index in [1.54, 1.807) is 0 Å². The Morgan fingerprint density at radius 3 is 2.76 bits per heavy atom. The molecule has 2 saturated heterocycles. The van der Waals surface area contributed by atoms with Crippen LogP contribution in [0.25, 0.3) is 0 Å². The summed E-state index contributed by atoms with van der Waals surface area (Å²) in [5, 5.41) is 3.71. The van der Waals surface area contributed by atoms with Crippen molar-refractivity contribution >= 4 is 27.2 Å². The molecule has 2 rings (SSSR count). The Bertz CT molecular complexity index is 390. The number of sulfone groups is 1. The summed E-state index contributed by atoms with van der Waals surface area (Å²) in [6, 6.07) is 0.00130. The average molecular weight is 278 g/mol. The largest absolute Gasteiger partial charge is 0.359 e. The maximum atomic E-state index is 11.4. The number of rotatable bonds is 2. The van der Waals surface area contributed by atoms with Gasteiger partial charge < -0.3 is 15.0 Å². The minimum atomic E-state index is -2.86. The van der Waals surface area contributed by atoms with Crippen LogP contribution in [0.3, 0.4) is 0 Å². The number of thiocarbonyl (C=S) groups is 1. The molecule has 0 aromatic carbocycles. The standard InChI is InChI=1S/C10H18N2O3S2/c1-12(8-4-6-17(13,14)7-8)10(16)11-9-3-2-5-15-9/h8-9H,2-7H2,1H3,(H,11,16). The lowest BCUT2D eigenvalue weighted by Crippen LogP contribution is -2.47. The van der Waals surface area contributed by atoms with Gasteiger partial charge in [0, 0.05) is 19.7 Å². The van der Waals surface area contributed by atoms with E-state index in [-0.39, 0.29) is 23.8 Å². The van der Waals surface area contributed by atoms with Gasteiger partial charge in [0.05, 0.1) is 11.5 Å². The summed E-state index contributed by atoms with van der Waals surface area (Å²) in [6.07, 6.45) is 2.65. The first-order chi connectivity index (χ1) is 7.98. The van der Waals surface area contributed by atoms with Crippen molar-refractivity contribution in [1.82, 2.24) is 10.2 Å². The van der Waals surface area contributed by atoms with Gasteiger partial charge in [0.2, 0.25) is 0 Å². The zero-order valence-corrected chi connectivity index (χ0v) is 11.5. The van der Waals surface area contributed by atoms with Crippen molar-refractivity contribution in [2.24, 2.45) is 0 Å². The number of hydrogen-bond donors (Lipinski definition) is 1. The van der Waals surface area contributed by atoms with Gasteiger partial charge >= 0.3 is 0 Å². The monoisotopic (exact) mass is 278 g/mol. The van der Waals surface area contributed by atoms with Gasteiger partial charge in [-0.2, -0.15) is 0 Å². The van der Waals surface area contributed by atoms with Crippen molar-refractivity contribution in [3.63, 3.8) is 0 Å². The second kappa shape index (κ2) is 5.07. The number of hydrogen-bond acceptors (Lipinski definition) is 4. The number of ether oxygens (including phenoxy) is 1. The predicted molar refractivity (Wildman–Crippen MR) is 69.5 cm³/mol. The fourth-order valence-electron chi connectivity index (χ4n) is 2.18. The summed E-state index contributed by atoms with van der Waals surface area (Å²) in [5.41, 5.74) is 0. The third kappa shape index (κ3) is 3.29. The van der Waals surface area contributed by atoms with Crippen molar-refractivity contribution in [3.05, 3.63) is 0 Å². The van der Waals surface area contributed by atoms with Crippen LogP contribution in [0, 0.1) is 0 Å². The van der Waals surface area contributed by atoms with Gasteiger partial charge in [0.25, 0.3) is 0 Å². The van der Waals surface area contributed by atoms with E-state index in [4.69, 9.17) is 17.0 Å². The third-order valence-electron chi connectivity index (χ3n) is 3.29. The second-order valence-electron chi connectivity index (χ2n) is 4.62. The molecule has 0 aromatic rings. The summed E-state index contributed by atoms with van der Waals surface area (Å²) < 4.78 is 28.2. The average Bonchev–Trinajstić information content (AvgIpc) is 2.86. The molecule has 0 saturated carbocycles. The highest BCUT2D eigenvalue weighted by molar-refractivity contribution is 7.91. The molecule has 2 unspecified atom stereocenters. The zero-order valence-electron chi connectivity index (χ0n) is 9.89. The normalized spacial score (nSPS) is 31.4. The molecule has 7 heteroatoms. The quantitative estimate of drug-likeness (QED) is 0.724. The lowest BCUT2D eigenvalue weighted by Gasteiger charge is -2.28. The molecule has 2 fully saturated rings. The highest BCUT2D eigenvalue weighted by Gasteiger charge is 2.32. The molecule has 2 aliphatic rings. The van der Waals surface area contributed by atoms with Gasteiger partial charge in [-0.15, -0.1) is 0 Å². The Morgan fingerprint density at radius 2 is 2.24 bits per heavy atom. The highest BCUT2D eigenvalue weighted by Crippen LogP contribution is 2.17. The van der Waals surface area contributed by atoms with Crippen LogP contribution in [-0.2, 0) is 14.6 Å². The van der Waals surface area contributed by atoms with E-state index in [1.807, 2.05) is 11.9 Å². The van der Waals surface area contributed by atoms with Gasteiger partial charge in [-0.1, -0.05) is 0 Å². The van der Waals surface area contributed by atoms with E-state index in [0.29, 0.717) is 11.5 Å². The molecule has 0 bridgehead atoms. The topological polar surface area (TPSA) is 58.6 Å². The first-order valence-electron chi connectivity index (χ1n) is 5.83. The molecule has 0 radical (unpaired) electrons. The van der Waals surface area contributed by atoms with Crippen molar-refractivity contribution in [3.8, 4) is 0 Å². The van der Waals surface area contributed by atoms with Crippen LogP contribution in [0.15, 0.2) is 0 Å². The van der Waals surface area contributed by atoms with Crippen molar-refractivity contribution in [2.75, 3.05) is 25.2 Å². The van der Waals surface area contributed by atoms with Gasteiger partial charge in [0.15, 0.2) is 14.9 Å². The van der Waals surface area contributed by atoms with E-state index in [0.717, 1.165) is 19.4 Å². The highest BCUT2D eigenvalue weighted by atomic mass is 32.2. The maximum absolute atomic E-state index is 11.4.